The van der Waals surface area contributed by atoms with E-state index < -0.39 is 0 Å². The molecule has 0 aliphatic carbocycles. The minimum absolute atomic E-state index is 0.463. The normalized spacial score (nSPS) is 13.2. The van der Waals surface area contributed by atoms with Crippen LogP contribution in [0.2, 0.25) is 0 Å². The highest BCUT2D eigenvalue weighted by molar-refractivity contribution is 6.17. The summed E-state index contributed by atoms with van der Waals surface area (Å²) in [6.45, 7) is 2.02. The third-order valence-electron chi connectivity index (χ3n) is 1.10. The molecule has 0 aliphatic rings. The van der Waals surface area contributed by atoms with Crippen molar-refractivity contribution >= 4 is 17.9 Å². The summed E-state index contributed by atoms with van der Waals surface area (Å²) in [4.78, 5) is 9.85. The first-order chi connectivity index (χ1) is 3.81. The molecule has 2 heteroatoms. The van der Waals surface area contributed by atoms with Gasteiger partial charge in [0.15, 0.2) is 0 Å². The van der Waals surface area contributed by atoms with Gasteiger partial charge in [-0.2, -0.15) is 0 Å². The lowest BCUT2D eigenvalue weighted by atomic mass is 10.1. The maximum atomic E-state index is 9.85. The molecule has 0 spiro atoms. The van der Waals surface area contributed by atoms with Gasteiger partial charge in [0, 0.05) is 12.3 Å². The van der Waals surface area contributed by atoms with Gasteiger partial charge < -0.3 is 4.79 Å². The third-order valence-corrected chi connectivity index (χ3v) is 1.32. The lowest BCUT2D eigenvalue weighted by molar-refractivity contribution is -0.108. The van der Waals surface area contributed by atoms with E-state index in [-0.39, 0.29) is 0 Å². The Kier molecular flexibility index (Phi) is 5.08. The van der Waals surface area contributed by atoms with Crippen LogP contribution < -0.4 is 0 Å². The van der Waals surface area contributed by atoms with Gasteiger partial charge in [0.2, 0.25) is 0 Å². The van der Waals surface area contributed by atoms with Crippen LogP contribution in [0.3, 0.4) is 0 Å². The maximum absolute atomic E-state index is 9.85. The largest absolute Gasteiger partial charge is 0.303 e. The molecule has 48 valence electrons. The van der Waals surface area contributed by atoms with Gasteiger partial charge in [-0.25, -0.2) is 0 Å². The first-order valence-electron chi connectivity index (χ1n) is 2.81. The van der Waals surface area contributed by atoms with Crippen LogP contribution in [0.25, 0.3) is 0 Å². The molecule has 1 unspecified atom stereocenters. The summed E-state index contributed by atoms with van der Waals surface area (Å²) in [5, 5.41) is 0. The van der Waals surface area contributed by atoms with Crippen molar-refractivity contribution in [1.29, 1.82) is 0 Å². The number of hydrogen-bond donors (Lipinski definition) is 0. The Labute approximate surface area is 55.0 Å². The van der Waals surface area contributed by atoms with Crippen LogP contribution in [-0.4, -0.2) is 12.2 Å². The fourth-order valence-corrected chi connectivity index (χ4v) is 0.841. The summed E-state index contributed by atoms with van der Waals surface area (Å²) in [6, 6.07) is 0. The zero-order chi connectivity index (χ0) is 6.41. The van der Waals surface area contributed by atoms with Crippen molar-refractivity contribution in [2.75, 3.05) is 5.88 Å². The highest BCUT2D eigenvalue weighted by Crippen LogP contribution is 2.05. The zero-order valence-electron chi connectivity index (χ0n) is 5.06. The van der Waals surface area contributed by atoms with Gasteiger partial charge in [-0.05, 0) is 12.3 Å². The van der Waals surface area contributed by atoms with Crippen molar-refractivity contribution in [1.82, 2.24) is 0 Å². The SMILES string of the molecule is CC(CC=O)CCCl. The van der Waals surface area contributed by atoms with Gasteiger partial charge >= 0.3 is 0 Å². The van der Waals surface area contributed by atoms with Crippen molar-refractivity contribution < 1.29 is 4.79 Å². The molecule has 0 aliphatic heterocycles. The van der Waals surface area contributed by atoms with E-state index in [0.29, 0.717) is 18.2 Å². The van der Waals surface area contributed by atoms with E-state index in [1.807, 2.05) is 6.92 Å². The molecule has 1 atom stereocenters. The van der Waals surface area contributed by atoms with E-state index in [2.05, 4.69) is 0 Å². The summed E-state index contributed by atoms with van der Waals surface area (Å²) in [6.07, 6.45) is 2.53. The molecule has 0 N–H and O–H groups in total. The summed E-state index contributed by atoms with van der Waals surface area (Å²) >= 11 is 5.42. The minimum Gasteiger partial charge on any atom is -0.303 e. The average molecular weight is 135 g/mol. The summed E-state index contributed by atoms with van der Waals surface area (Å²) in [5.74, 6) is 1.12. The van der Waals surface area contributed by atoms with Gasteiger partial charge in [-0.1, -0.05) is 6.92 Å². The smallest absolute Gasteiger partial charge is 0.120 e. The van der Waals surface area contributed by atoms with Crippen LogP contribution in [-0.2, 0) is 4.79 Å². The Balaban J connectivity index is 3.03. The second kappa shape index (κ2) is 5.10. The number of hydrogen-bond acceptors (Lipinski definition) is 1. The average Bonchev–Trinajstić information content (AvgIpc) is 1.68. The van der Waals surface area contributed by atoms with Crippen LogP contribution >= 0.6 is 11.6 Å². The molecule has 1 nitrogen and oxygen atoms in total. The van der Waals surface area contributed by atoms with Gasteiger partial charge in [-0.15, -0.1) is 11.6 Å². The number of alkyl halides is 1. The van der Waals surface area contributed by atoms with Gasteiger partial charge in [0.25, 0.3) is 0 Å². The second-order valence-electron chi connectivity index (χ2n) is 1.99. The highest BCUT2D eigenvalue weighted by Gasteiger charge is 1.97. The van der Waals surface area contributed by atoms with Crippen LogP contribution in [0.4, 0.5) is 0 Å². The molecule has 0 radical (unpaired) electrons. The molecule has 8 heavy (non-hydrogen) atoms. The molecule has 0 heterocycles. The Morgan fingerprint density at radius 3 is 2.75 bits per heavy atom. The van der Waals surface area contributed by atoms with Crippen molar-refractivity contribution in [2.24, 2.45) is 5.92 Å². The van der Waals surface area contributed by atoms with Crippen LogP contribution in [0.1, 0.15) is 19.8 Å². The molecule has 0 fully saturated rings. The molecule has 0 rings (SSSR count). The summed E-state index contributed by atoms with van der Waals surface area (Å²) in [7, 11) is 0. The number of halogens is 1. The van der Waals surface area contributed by atoms with Crippen LogP contribution in [0.15, 0.2) is 0 Å². The van der Waals surface area contributed by atoms with E-state index in [1.54, 1.807) is 0 Å². The van der Waals surface area contributed by atoms with Crippen molar-refractivity contribution in [2.45, 2.75) is 19.8 Å². The molecular formula is C6H11ClO. The first kappa shape index (κ1) is 7.96. The molecule has 0 aromatic heterocycles. The third kappa shape index (κ3) is 4.13. The number of carbonyl (C=O) groups is 1. The maximum Gasteiger partial charge on any atom is 0.120 e. The van der Waals surface area contributed by atoms with Gasteiger partial charge in [0.05, 0.1) is 0 Å². The highest BCUT2D eigenvalue weighted by atomic mass is 35.5. The molecular weight excluding hydrogens is 124 g/mol. The second-order valence-corrected chi connectivity index (χ2v) is 2.36. The zero-order valence-corrected chi connectivity index (χ0v) is 5.82. The monoisotopic (exact) mass is 134 g/mol. The molecule has 0 saturated carbocycles. The molecule has 0 saturated heterocycles. The number of carbonyl (C=O) groups excluding carboxylic acids is 1. The first-order valence-corrected chi connectivity index (χ1v) is 3.34. The number of rotatable bonds is 4. The predicted octanol–water partition coefficient (Wildman–Crippen LogP) is 1.84. The van der Waals surface area contributed by atoms with E-state index in [0.717, 1.165) is 12.7 Å². The van der Waals surface area contributed by atoms with Gasteiger partial charge in [-0.3, -0.25) is 0 Å². The lowest BCUT2D eigenvalue weighted by Gasteiger charge is -2.00. The molecule has 0 aromatic rings. The fraction of sp³-hybridized carbons (Fsp3) is 0.833. The van der Waals surface area contributed by atoms with Crippen LogP contribution in [0.5, 0.6) is 0 Å². The number of aldehydes is 1. The quantitative estimate of drug-likeness (QED) is 0.424. The molecule has 0 amide bonds. The summed E-state index contributed by atoms with van der Waals surface area (Å²) < 4.78 is 0. The van der Waals surface area contributed by atoms with Crippen LogP contribution in [0, 0.1) is 5.92 Å². The standard InChI is InChI=1S/C6H11ClO/c1-6(2-4-7)3-5-8/h5-6H,2-4H2,1H3. The van der Waals surface area contributed by atoms with E-state index in [4.69, 9.17) is 11.6 Å². The van der Waals surface area contributed by atoms with E-state index >= 15 is 0 Å². The van der Waals surface area contributed by atoms with Crippen molar-refractivity contribution in [3.05, 3.63) is 0 Å². The summed E-state index contributed by atoms with van der Waals surface area (Å²) in [5.41, 5.74) is 0. The lowest BCUT2D eigenvalue weighted by Crippen LogP contribution is -1.94. The van der Waals surface area contributed by atoms with Gasteiger partial charge in [0.1, 0.15) is 6.29 Å². The van der Waals surface area contributed by atoms with Crippen molar-refractivity contribution in [3.63, 3.8) is 0 Å². The fourth-order valence-electron chi connectivity index (χ4n) is 0.468. The predicted molar refractivity (Wildman–Crippen MR) is 35.2 cm³/mol. The topological polar surface area (TPSA) is 17.1 Å². The Bertz CT molecular complexity index is 63.5. The van der Waals surface area contributed by atoms with E-state index in [1.165, 1.54) is 0 Å². The minimum atomic E-state index is 0.463. The Morgan fingerprint density at radius 2 is 2.38 bits per heavy atom. The molecule has 0 aromatic carbocycles. The van der Waals surface area contributed by atoms with Crippen molar-refractivity contribution in [3.8, 4) is 0 Å². The molecule has 0 bridgehead atoms. The Morgan fingerprint density at radius 1 is 1.75 bits per heavy atom. The Hall–Kier alpha value is -0.0400. The van der Waals surface area contributed by atoms with E-state index in [9.17, 15) is 4.79 Å².